The number of anilines is 1. The van der Waals surface area contributed by atoms with Gasteiger partial charge in [-0.05, 0) is 65.8 Å². The molecule has 25 heavy (non-hydrogen) atoms. The second-order valence-corrected chi connectivity index (χ2v) is 7.56. The highest BCUT2D eigenvalue weighted by atomic mass is 127. The van der Waals surface area contributed by atoms with E-state index in [1.807, 2.05) is 30.3 Å². The SMILES string of the molecule is O=C(Nc1ccccc1C(=O)NC1CCCCC1)c1cccc(I)c1. The molecular formula is C20H21IN2O2. The topological polar surface area (TPSA) is 58.2 Å². The summed E-state index contributed by atoms with van der Waals surface area (Å²) in [4.78, 5) is 25.1. The van der Waals surface area contributed by atoms with E-state index in [1.54, 1.807) is 18.2 Å². The smallest absolute Gasteiger partial charge is 0.255 e. The Kier molecular flexibility index (Phi) is 6.07. The van der Waals surface area contributed by atoms with E-state index in [4.69, 9.17) is 0 Å². The van der Waals surface area contributed by atoms with Gasteiger partial charge in [-0.1, -0.05) is 37.5 Å². The van der Waals surface area contributed by atoms with Gasteiger partial charge in [0.25, 0.3) is 11.8 Å². The number of hydrogen-bond acceptors (Lipinski definition) is 2. The molecule has 5 heteroatoms. The number of benzene rings is 2. The largest absolute Gasteiger partial charge is 0.349 e. The van der Waals surface area contributed by atoms with Gasteiger partial charge in [-0.2, -0.15) is 0 Å². The van der Waals surface area contributed by atoms with Crippen molar-refractivity contribution >= 4 is 40.1 Å². The lowest BCUT2D eigenvalue weighted by molar-refractivity contribution is 0.0928. The average Bonchev–Trinajstić information content (AvgIpc) is 2.63. The maximum absolute atomic E-state index is 12.6. The molecule has 0 bridgehead atoms. The highest BCUT2D eigenvalue weighted by Gasteiger charge is 2.19. The fourth-order valence-corrected chi connectivity index (χ4v) is 3.67. The molecule has 2 aromatic rings. The minimum atomic E-state index is -0.212. The number of rotatable bonds is 4. The zero-order valence-corrected chi connectivity index (χ0v) is 16.1. The third-order valence-electron chi connectivity index (χ3n) is 4.45. The van der Waals surface area contributed by atoms with E-state index in [2.05, 4.69) is 33.2 Å². The lowest BCUT2D eigenvalue weighted by Gasteiger charge is -2.23. The Morgan fingerprint density at radius 1 is 0.920 bits per heavy atom. The number of para-hydroxylation sites is 1. The van der Waals surface area contributed by atoms with Gasteiger partial charge in [-0.25, -0.2) is 0 Å². The summed E-state index contributed by atoms with van der Waals surface area (Å²) >= 11 is 2.17. The van der Waals surface area contributed by atoms with Crippen molar-refractivity contribution in [1.29, 1.82) is 0 Å². The summed E-state index contributed by atoms with van der Waals surface area (Å²) in [7, 11) is 0. The normalized spacial score (nSPS) is 14.8. The molecule has 0 spiro atoms. The second kappa shape index (κ2) is 8.47. The van der Waals surface area contributed by atoms with Crippen molar-refractivity contribution in [3.8, 4) is 0 Å². The van der Waals surface area contributed by atoms with Gasteiger partial charge < -0.3 is 10.6 Å². The van der Waals surface area contributed by atoms with Gasteiger partial charge in [0.1, 0.15) is 0 Å². The van der Waals surface area contributed by atoms with E-state index < -0.39 is 0 Å². The number of nitrogens with one attached hydrogen (secondary N) is 2. The molecule has 3 rings (SSSR count). The number of amides is 2. The summed E-state index contributed by atoms with van der Waals surface area (Å²) in [5.74, 6) is -0.332. The zero-order valence-electron chi connectivity index (χ0n) is 13.9. The standard InChI is InChI=1S/C20H21IN2O2/c21-15-8-6-7-14(13-15)19(24)23-18-12-5-4-11-17(18)20(25)22-16-9-2-1-3-10-16/h4-8,11-13,16H,1-3,9-10H2,(H,22,25)(H,23,24). The van der Waals surface area contributed by atoms with Crippen LogP contribution in [0.2, 0.25) is 0 Å². The van der Waals surface area contributed by atoms with Crippen LogP contribution in [0.1, 0.15) is 52.8 Å². The van der Waals surface area contributed by atoms with Crippen molar-refractivity contribution in [1.82, 2.24) is 5.32 Å². The maximum Gasteiger partial charge on any atom is 0.255 e. The van der Waals surface area contributed by atoms with Crippen molar-refractivity contribution in [3.05, 3.63) is 63.2 Å². The molecule has 0 radical (unpaired) electrons. The fourth-order valence-electron chi connectivity index (χ4n) is 3.12. The number of carbonyl (C=O) groups is 2. The van der Waals surface area contributed by atoms with E-state index in [0.29, 0.717) is 16.8 Å². The van der Waals surface area contributed by atoms with E-state index in [9.17, 15) is 9.59 Å². The molecule has 1 saturated carbocycles. The van der Waals surface area contributed by atoms with Crippen molar-refractivity contribution in [2.24, 2.45) is 0 Å². The van der Waals surface area contributed by atoms with E-state index in [1.165, 1.54) is 6.42 Å². The summed E-state index contributed by atoms with van der Waals surface area (Å²) in [6, 6.07) is 14.8. The molecular weight excluding hydrogens is 427 g/mol. The molecule has 0 heterocycles. The molecule has 130 valence electrons. The lowest BCUT2D eigenvalue weighted by atomic mass is 9.95. The van der Waals surface area contributed by atoms with Crippen molar-refractivity contribution in [2.45, 2.75) is 38.1 Å². The zero-order chi connectivity index (χ0) is 17.6. The van der Waals surface area contributed by atoms with Gasteiger partial charge in [-0.15, -0.1) is 0 Å². The molecule has 1 aliphatic rings. The predicted octanol–water partition coefficient (Wildman–Crippen LogP) is 4.61. The van der Waals surface area contributed by atoms with Gasteiger partial charge in [0.15, 0.2) is 0 Å². The summed E-state index contributed by atoms with van der Waals surface area (Å²) in [6.07, 6.45) is 5.63. The monoisotopic (exact) mass is 448 g/mol. The molecule has 1 fully saturated rings. The molecule has 0 aromatic heterocycles. The number of carbonyl (C=O) groups excluding carboxylic acids is 2. The number of halogens is 1. The van der Waals surface area contributed by atoms with Gasteiger partial charge in [-0.3, -0.25) is 9.59 Å². The van der Waals surface area contributed by atoms with Crippen molar-refractivity contribution in [2.75, 3.05) is 5.32 Å². The molecule has 0 unspecified atom stereocenters. The lowest BCUT2D eigenvalue weighted by Crippen LogP contribution is -2.36. The third-order valence-corrected chi connectivity index (χ3v) is 5.12. The first-order valence-electron chi connectivity index (χ1n) is 8.60. The van der Waals surface area contributed by atoms with Crippen LogP contribution < -0.4 is 10.6 Å². The molecule has 2 amide bonds. The molecule has 4 nitrogen and oxygen atoms in total. The summed E-state index contributed by atoms with van der Waals surface area (Å²) in [5.41, 5.74) is 1.63. The third kappa shape index (κ3) is 4.81. The van der Waals surface area contributed by atoms with E-state index >= 15 is 0 Å². The first-order valence-corrected chi connectivity index (χ1v) is 9.68. The van der Waals surface area contributed by atoms with Crippen LogP contribution in [-0.4, -0.2) is 17.9 Å². The Balaban J connectivity index is 1.74. The average molecular weight is 448 g/mol. The fraction of sp³-hybridized carbons (Fsp3) is 0.300. The Morgan fingerprint density at radius 3 is 2.44 bits per heavy atom. The van der Waals surface area contributed by atoms with Crippen LogP contribution in [0.3, 0.4) is 0 Å². The van der Waals surface area contributed by atoms with Crippen LogP contribution in [0.5, 0.6) is 0 Å². The van der Waals surface area contributed by atoms with Gasteiger partial charge in [0, 0.05) is 15.2 Å². The van der Waals surface area contributed by atoms with Crippen LogP contribution in [-0.2, 0) is 0 Å². The molecule has 2 N–H and O–H groups in total. The summed E-state index contributed by atoms with van der Waals surface area (Å²) in [6.45, 7) is 0. The van der Waals surface area contributed by atoms with Crippen molar-refractivity contribution in [3.63, 3.8) is 0 Å². The minimum Gasteiger partial charge on any atom is -0.349 e. The number of hydrogen-bond donors (Lipinski definition) is 2. The summed E-state index contributed by atoms with van der Waals surface area (Å²) < 4.78 is 0.994. The van der Waals surface area contributed by atoms with Crippen molar-refractivity contribution < 1.29 is 9.59 Å². The predicted molar refractivity (Wildman–Crippen MR) is 108 cm³/mol. The van der Waals surface area contributed by atoms with Crippen LogP contribution in [0.15, 0.2) is 48.5 Å². The Hall–Kier alpha value is -1.89. The molecule has 0 saturated heterocycles. The minimum absolute atomic E-state index is 0.120. The van der Waals surface area contributed by atoms with Crippen LogP contribution in [0, 0.1) is 3.57 Å². The highest BCUT2D eigenvalue weighted by Crippen LogP contribution is 2.20. The molecule has 0 atom stereocenters. The first kappa shape index (κ1) is 17.9. The molecule has 0 aliphatic heterocycles. The Labute approximate surface area is 161 Å². The first-order chi connectivity index (χ1) is 12.1. The van der Waals surface area contributed by atoms with E-state index in [0.717, 1.165) is 29.3 Å². The van der Waals surface area contributed by atoms with Gasteiger partial charge >= 0.3 is 0 Å². The van der Waals surface area contributed by atoms with Crippen LogP contribution in [0.4, 0.5) is 5.69 Å². The quantitative estimate of drug-likeness (QED) is 0.672. The van der Waals surface area contributed by atoms with Crippen LogP contribution in [0.25, 0.3) is 0 Å². The Bertz CT molecular complexity index is 770. The molecule has 2 aromatic carbocycles. The molecule has 1 aliphatic carbocycles. The van der Waals surface area contributed by atoms with E-state index in [-0.39, 0.29) is 17.9 Å². The Morgan fingerprint density at radius 2 is 1.68 bits per heavy atom. The highest BCUT2D eigenvalue weighted by molar-refractivity contribution is 14.1. The summed E-state index contributed by atoms with van der Waals surface area (Å²) in [5, 5.41) is 5.98. The second-order valence-electron chi connectivity index (χ2n) is 6.32. The van der Waals surface area contributed by atoms with Gasteiger partial charge in [0.2, 0.25) is 0 Å². The maximum atomic E-state index is 12.6. The van der Waals surface area contributed by atoms with Crippen LogP contribution >= 0.6 is 22.6 Å². The van der Waals surface area contributed by atoms with Gasteiger partial charge in [0.05, 0.1) is 11.3 Å².